The van der Waals surface area contributed by atoms with E-state index < -0.39 is 5.97 Å². The molecule has 2 aromatic rings. The minimum absolute atomic E-state index is 0.268. The second-order valence-corrected chi connectivity index (χ2v) is 7.33. The first kappa shape index (κ1) is 20.1. The molecule has 5 heteroatoms. The lowest BCUT2D eigenvalue weighted by Gasteiger charge is -2.34. The molecule has 0 saturated carbocycles. The third-order valence-electron chi connectivity index (χ3n) is 5.32. The van der Waals surface area contributed by atoms with E-state index in [1.54, 1.807) is 24.3 Å². The molecule has 1 aliphatic heterocycles. The maximum atomic E-state index is 13.4. The predicted molar refractivity (Wildman–Crippen MR) is 109 cm³/mol. The molecule has 1 aliphatic rings. The summed E-state index contributed by atoms with van der Waals surface area (Å²) in [6.45, 7) is 5.34. The van der Waals surface area contributed by atoms with Crippen LogP contribution in [0.2, 0.25) is 0 Å². The summed E-state index contributed by atoms with van der Waals surface area (Å²) < 4.78 is 18.9. The Bertz CT molecular complexity index is 883. The first-order valence-electron chi connectivity index (χ1n) is 9.50. The zero-order valence-electron chi connectivity index (χ0n) is 16.5. The van der Waals surface area contributed by atoms with E-state index >= 15 is 0 Å². The van der Waals surface area contributed by atoms with Crippen LogP contribution in [-0.4, -0.2) is 31.3 Å². The fraction of sp³-hybridized carbons (Fsp3) is 0.348. The summed E-state index contributed by atoms with van der Waals surface area (Å²) in [4.78, 5) is 13.6. The average molecular weight is 383 g/mol. The number of aryl methyl sites for hydroxylation is 1. The van der Waals surface area contributed by atoms with E-state index in [-0.39, 0.29) is 17.3 Å². The zero-order valence-corrected chi connectivity index (χ0v) is 16.5. The van der Waals surface area contributed by atoms with Crippen LogP contribution in [0.5, 0.6) is 0 Å². The van der Waals surface area contributed by atoms with Crippen LogP contribution in [0.3, 0.4) is 0 Å². The van der Waals surface area contributed by atoms with E-state index in [9.17, 15) is 14.3 Å². The van der Waals surface area contributed by atoms with Crippen LogP contribution in [-0.2, 0) is 4.74 Å². The van der Waals surface area contributed by atoms with Crippen molar-refractivity contribution < 1.29 is 19.0 Å². The number of halogens is 1. The first-order valence-corrected chi connectivity index (χ1v) is 9.50. The number of aromatic carboxylic acids is 1. The van der Waals surface area contributed by atoms with Crippen molar-refractivity contribution in [2.24, 2.45) is 5.92 Å². The standard InChI is InChI=1S/C23H26FNO3/c1-15-12-18(14-19(13-15)23(26)27)16(2)22(17-8-10-28-11-9-17)25(3)21-6-4-20(24)5-7-21/h4-7,12-14,17H,8-11H2,1-3H3,(H,26,27)/b22-16+. The smallest absolute Gasteiger partial charge is 0.335 e. The number of rotatable bonds is 5. The van der Waals surface area contributed by atoms with Crippen molar-refractivity contribution >= 4 is 17.2 Å². The van der Waals surface area contributed by atoms with Gasteiger partial charge in [-0.2, -0.15) is 0 Å². The van der Waals surface area contributed by atoms with Gasteiger partial charge in [0.1, 0.15) is 5.82 Å². The van der Waals surface area contributed by atoms with Crippen molar-refractivity contribution in [3.05, 3.63) is 70.7 Å². The number of carbonyl (C=O) groups is 1. The normalized spacial score (nSPS) is 15.9. The molecule has 1 N–H and O–H groups in total. The second kappa shape index (κ2) is 8.57. The molecule has 3 rings (SSSR count). The Morgan fingerprint density at radius 1 is 1.11 bits per heavy atom. The summed E-state index contributed by atoms with van der Waals surface area (Å²) >= 11 is 0. The van der Waals surface area contributed by atoms with Crippen molar-refractivity contribution in [1.29, 1.82) is 0 Å². The van der Waals surface area contributed by atoms with Crippen molar-refractivity contribution in [2.45, 2.75) is 26.7 Å². The second-order valence-electron chi connectivity index (χ2n) is 7.33. The molecule has 1 saturated heterocycles. The van der Waals surface area contributed by atoms with Crippen molar-refractivity contribution in [2.75, 3.05) is 25.2 Å². The van der Waals surface area contributed by atoms with Gasteiger partial charge in [0.05, 0.1) is 5.56 Å². The Labute approximate surface area is 165 Å². The van der Waals surface area contributed by atoms with Gasteiger partial charge in [-0.25, -0.2) is 9.18 Å². The predicted octanol–water partition coefficient (Wildman–Crippen LogP) is 5.13. The minimum Gasteiger partial charge on any atom is -0.478 e. The summed E-state index contributed by atoms with van der Waals surface area (Å²) in [5, 5.41) is 9.44. The van der Waals surface area contributed by atoms with E-state index in [2.05, 4.69) is 4.90 Å². The van der Waals surface area contributed by atoms with Gasteiger partial charge in [-0.1, -0.05) is 6.07 Å². The van der Waals surface area contributed by atoms with Gasteiger partial charge < -0.3 is 14.7 Å². The van der Waals surface area contributed by atoms with E-state index in [0.717, 1.165) is 40.9 Å². The molecule has 148 valence electrons. The summed E-state index contributed by atoms with van der Waals surface area (Å²) in [6, 6.07) is 11.9. The molecule has 2 aromatic carbocycles. The van der Waals surface area contributed by atoms with Gasteiger partial charge in [-0.05, 0) is 79.8 Å². The third kappa shape index (κ3) is 4.42. The topological polar surface area (TPSA) is 49.8 Å². The Kier molecular flexibility index (Phi) is 6.15. The van der Waals surface area contributed by atoms with Crippen molar-refractivity contribution in [1.82, 2.24) is 0 Å². The molecule has 0 unspecified atom stereocenters. The number of allylic oxidation sites excluding steroid dienone is 2. The van der Waals surface area contributed by atoms with Gasteiger partial charge in [0, 0.05) is 37.6 Å². The number of carboxylic acids is 1. The quantitative estimate of drug-likeness (QED) is 0.778. The summed E-state index contributed by atoms with van der Waals surface area (Å²) in [6.07, 6.45) is 1.80. The molecule has 0 aromatic heterocycles. The van der Waals surface area contributed by atoms with Crippen LogP contribution in [0, 0.1) is 18.7 Å². The maximum absolute atomic E-state index is 13.4. The highest BCUT2D eigenvalue weighted by molar-refractivity contribution is 5.89. The highest BCUT2D eigenvalue weighted by Gasteiger charge is 2.25. The number of carboxylic acid groups (broad SMARTS) is 1. The maximum Gasteiger partial charge on any atom is 0.335 e. The summed E-state index contributed by atoms with van der Waals surface area (Å²) in [5.74, 6) is -0.912. The zero-order chi connectivity index (χ0) is 20.3. The van der Waals surface area contributed by atoms with E-state index in [1.807, 2.05) is 27.0 Å². The van der Waals surface area contributed by atoms with Crippen LogP contribution in [0.4, 0.5) is 10.1 Å². The monoisotopic (exact) mass is 383 g/mol. The van der Waals surface area contributed by atoms with Gasteiger partial charge in [-0.3, -0.25) is 0 Å². The van der Waals surface area contributed by atoms with E-state index in [0.29, 0.717) is 13.2 Å². The molecule has 0 radical (unpaired) electrons. The number of benzene rings is 2. The Hall–Kier alpha value is -2.66. The Morgan fingerprint density at radius 3 is 2.32 bits per heavy atom. The Balaban J connectivity index is 2.11. The molecule has 1 heterocycles. The number of ether oxygens (including phenoxy) is 1. The SMILES string of the molecule is C/C(=C(/C1CCOCC1)N(C)c1ccc(F)cc1)c1cc(C)cc(C(=O)O)c1. The van der Waals surface area contributed by atoms with Crippen LogP contribution < -0.4 is 4.90 Å². The average Bonchev–Trinajstić information content (AvgIpc) is 2.69. The van der Waals surface area contributed by atoms with E-state index in [4.69, 9.17) is 4.74 Å². The van der Waals surface area contributed by atoms with Gasteiger partial charge in [0.25, 0.3) is 0 Å². The molecule has 1 fully saturated rings. The lowest BCUT2D eigenvalue weighted by atomic mass is 9.89. The highest BCUT2D eigenvalue weighted by atomic mass is 19.1. The lowest BCUT2D eigenvalue weighted by molar-refractivity contribution is 0.0696. The largest absolute Gasteiger partial charge is 0.478 e. The van der Waals surface area contributed by atoms with Gasteiger partial charge in [0.2, 0.25) is 0 Å². The fourth-order valence-electron chi connectivity index (χ4n) is 3.88. The number of hydrogen-bond donors (Lipinski definition) is 1. The fourth-order valence-corrected chi connectivity index (χ4v) is 3.88. The molecule has 0 spiro atoms. The van der Waals surface area contributed by atoms with Crippen molar-refractivity contribution in [3.8, 4) is 0 Å². The van der Waals surface area contributed by atoms with Crippen LogP contribution in [0.25, 0.3) is 5.57 Å². The molecule has 0 amide bonds. The van der Waals surface area contributed by atoms with E-state index in [1.165, 1.54) is 12.1 Å². The number of anilines is 1. The summed E-state index contributed by atoms with van der Waals surface area (Å²) in [5.41, 5.74) is 5.14. The van der Waals surface area contributed by atoms with Gasteiger partial charge in [0.15, 0.2) is 0 Å². The van der Waals surface area contributed by atoms with Gasteiger partial charge in [-0.15, -0.1) is 0 Å². The molecule has 28 heavy (non-hydrogen) atoms. The lowest BCUT2D eigenvalue weighted by Crippen LogP contribution is -2.28. The molecular weight excluding hydrogens is 357 g/mol. The molecule has 0 aliphatic carbocycles. The van der Waals surface area contributed by atoms with Crippen LogP contribution >= 0.6 is 0 Å². The molecule has 0 atom stereocenters. The third-order valence-corrected chi connectivity index (χ3v) is 5.32. The number of nitrogens with zero attached hydrogens (tertiary/aromatic N) is 1. The number of hydrogen-bond acceptors (Lipinski definition) is 3. The highest BCUT2D eigenvalue weighted by Crippen LogP contribution is 2.35. The van der Waals surface area contributed by atoms with Crippen molar-refractivity contribution in [3.63, 3.8) is 0 Å². The first-order chi connectivity index (χ1) is 13.4. The minimum atomic E-state index is -0.933. The molecular formula is C23H26FNO3. The molecule has 0 bridgehead atoms. The molecule has 4 nitrogen and oxygen atoms in total. The van der Waals surface area contributed by atoms with Crippen LogP contribution in [0.15, 0.2) is 48.2 Å². The Morgan fingerprint density at radius 2 is 1.71 bits per heavy atom. The summed E-state index contributed by atoms with van der Waals surface area (Å²) in [7, 11) is 1.98. The van der Waals surface area contributed by atoms with Crippen LogP contribution in [0.1, 0.15) is 41.3 Å². The van der Waals surface area contributed by atoms with Gasteiger partial charge >= 0.3 is 5.97 Å².